The van der Waals surface area contributed by atoms with Gasteiger partial charge in [0.2, 0.25) is 5.82 Å². The summed E-state index contributed by atoms with van der Waals surface area (Å²) in [6.45, 7) is 1.73. The highest BCUT2D eigenvalue weighted by atomic mass is 19.1. The fraction of sp³-hybridized carbons (Fsp3) is 0.200. The fourth-order valence-electron chi connectivity index (χ4n) is 4.68. The predicted octanol–water partition coefficient (Wildman–Crippen LogP) is 1.39. The number of nitrogens with one attached hydrogen (secondary N) is 4. The topological polar surface area (TPSA) is 176 Å². The van der Waals surface area contributed by atoms with Gasteiger partial charge in [-0.3, -0.25) is 9.59 Å². The standard InChI is InChI=1S/C25H21FN10O3/c1-12-8-13(2-6-17(12)26)11-27-23(38)20-10-19(29-24-30-25(39)33-36(20)24)22(37)28-18-7-4-14-9-15(3-5-16(14)18)21-31-34-35-32-21/h2-3,5-6,8-10,18H,4,7,11H2,1H3,(H,27,38)(H,28,37)(H,33,39)(H,31,32,34,35)/t18-/m0/s1. The first kappa shape index (κ1) is 24.1. The summed E-state index contributed by atoms with van der Waals surface area (Å²) in [5.74, 6) is -1.07. The van der Waals surface area contributed by atoms with Gasteiger partial charge in [0.15, 0.2) is 0 Å². The van der Waals surface area contributed by atoms with Gasteiger partial charge in [-0.1, -0.05) is 24.3 Å². The number of H-pyrrole nitrogens is 2. The molecule has 1 atom stereocenters. The molecule has 4 N–H and O–H groups in total. The molecule has 39 heavy (non-hydrogen) atoms. The zero-order valence-corrected chi connectivity index (χ0v) is 20.5. The lowest BCUT2D eigenvalue weighted by Crippen LogP contribution is -2.30. The maximum absolute atomic E-state index is 13.6. The van der Waals surface area contributed by atoms with Crippen LogP contribution in [0.3, 0.4) is 0 Å². The van der Waals surface area contributed by atoms with E-state index in [0.717, 1.165) is 27.6 Å². The van der Waals surface area contributed by atoms with Gasteiger partial charge in [-0.15, -0.1) is 10.2 Å². The molecule has 1 aliphatic carbocycles. The van der Waals surface area contributed by atoms with Crippen LogP contribution < -0.4 is 16.3 Å². The normalized spacial score (nSPS) is 14.4. The van der Waals surface area contributed by atoms with E-state index in [0.29, 0.717) is 23.4 Å². The Labute approximate surface area is 218 Å². The van der Waals surface area contributed by atoms with Crippen LogP contribution in [0.5, 0.6) is 0 Å². The van der Waals surface area contributed by atoms with Crippen molar-refractivity contribution in [2.75, 3.05) is 0 Å². The first-order chi connectivity index (χ1) is 18.9. The monoisotopic (exact) mass is 528 g/mol. The van der Waals surface area contributed by atoms with E-state index in [1.165, 1.54) is 12.1 Å². The lowest BCUT2D eigenvalue weighted by Gasteiger charge is -2.15. The maximum atomic E-state index is 13.6. The molecule has 3 aromatic heterocycles. The Morgan fingerprint density at radius 1 is 1.13 bits per heavy atom. The molecule has 0 saturated carbocycles. The molecule has 6 rings (SSSR count). The van der Waals surface area contributed by atoms with Gasteiger partial charge < -0.3 is 10.6 Å². The largest absolute Gasteiger partial charge is 0.363 e. The van der Waals surface area contributed by atoms with E-state index in [1.54, 1.807) is 19.1 Å². The molecule has 0 radical (unpaired) electrons. The molecule has 14 heteroatoms. The van der Waals surface area contributed by atoms with Crippen molar-refractivity contribution in [3.05, 3.63) is 92.4 Å². The van der Waals surface area contributed by atoms with Gasteiger partial charge in [0.05, 0.1) is 6.04 Å². The molecule has 2 aromatic carbocycles. The van der Waals surface area contributed by atoms with E-state index in [-0.39, 0.29) is 35.6 Å². The second-order valence-corrected chi connectivity index (χ2v) is 9.17. The number of hydrogen-bond acceptors (Lipinski definition) is 8. The summed E-state index contributed by atoms with van der Waals surface area (Å²) in [6.07, 6.45) is 1.41. The third-order valence-corrected chi connectivity index (χ3v) is 6.61. The molecule has 0 spiro atoms. The Morgan fingerprint density at radius 2 is 2.00 bits per heavy atom. The Morgan fingerprint density at radius 3 is 2.79 bits per heavy atom. The van der Waals surface area contributed by atoms with Crippen LogP contribution in [-0.2, 0) is 13.0 Å². The number of hydrogen-bond donors (Lipinski definition) is 4. The van der Waals surface area contributed by atoms with E-state index < -0.39 is 17.5 Å². The molecule has 0 aliphatic heterocycles. The zero-order chi connectivity index (χ0) is 27.1. The quantitative estimate of drug-likeness (QED) is 0.256. The van der Waals surface area contributed by atoms with Crippen molar-refractivity contribution in [1.82, 2.24) is 50.8 Å². The van der Waals surface area contributed by atoms with Crippen LogP contribution in [0.25, 0.3) is 17.2 Å². The first-order valence-corrected chi connectivity index (χ1v) is 12.1. The minimum Gasteiger partial charge on any atom is -0.347 e. The predicted molar refractivity (Wildman–Crippen MR) is 134 cm³/mol. The summed E-state index contributed by atoms with van der Waals surface area (Å²) in [5, 5.41) is 22.1. The number of aryl methyl sites for hydroxylation is 2. The van der Waals surface area contributed by atoms with Crippen LogP contribution in [0.1, 0.15) is 55.7 Å². The van der Waals surface area contributed by atoms with Gasteiger partial charge in [0.25, 0.3) is 17.6 Å². The molecular formula is C25H21FN10O3. The van der Waals surface area contributed by atoms with Crippen molar-refractivity contribution in [2.24, 2.45) is 0 Å². The Hall–Kier alpha value is -5.27. The summed E-state index contributed by atoms with van der Waals surface area (Å²) in [5.41, 5.74) is 3.15. The fourth-order valence-corrected chi connectivity index (χ4v) is 4.68. The van der Waals surface area contributed by atoms with Crippen LogP contribution >= 0.6 is 0 Å². The molecule has 13 nitrogen and oxygen atoms in total. The lowest BCUT2D eigenvalue weighted by molar-refractivity contribution is 0.0931. The first-order valence-electron chi connectivity index (χ1n) is 12.1. The van der Waals surface area contributed by atoms with Crippen LogP contribution in [0.4, 0.5) is 4.39 Å². The van der Waals surface area contributed by atoms with E-state index in [4.69, 9.17) is 0 Å². The molecule has 0 unspecified atom stereocenters. The van der Waals surface area contributed by atoms with Crippen LogP contribution in [0.2, 0.25) is 0 Å². The molecule has 1 aliphatic rings. The minimum atomic E-state index is -0.717. The second-order valence-electron chi connectivity index (χ2n) is 9.17. The highest BCUT2D eigenvalue weighted by Crippen LogP contribution is 2.33. The summed E-state index contributed by atoms with van der Waals surface area (Å²) in [7, 11) is 0. The summed E-state index contributed by atoms with van der Waals surface area (Å²) < 4.78 is 14.7. The highest BCUT2D eigenvalue weighted by molar-refractivity contribution is 5.98. The van der Waals surface area contributed by atoms with Gasteiger partial charge in [-0.2, -0.15) is 10.2 Å². The Kier molecular flexibility index (Phi) is 5.90. The van der Waals surface area contributed by atoms with Crippen molar-refractivity contribution in [3.8, 4) is 11.4 Å². The average Bonchev–Trinajstić information content (AvgIpc) is 3.68. The number of benzene rings is 2. The van der Waals surface area contributed by atoms with E-state index in [9.17, 15) is 18.8 Å². The Bertz CT molecular complexity index is 1790. The van der Waals surface area contributed by atoms with Crippen molar-refractivity contribution in [3.63, 3.8) is 0 Å². The SMILES string of the molecule is Cc1cc(CNC(=O)c2cc(C(=O)N[C@H]3CCc4cc(-c5nn[nH]n5)ccc43)nc3nc(=O)[nH]n23)ccc1F. The van der Waals surface area contributed by atoms with E-state index in [1.807, 2.05) is 18.2 Å². The number of halogens is 1. The van der Waals surface area contributed by atoms with Gasteiger partial charge in [0.1, 0.15) is 17.2 Å². The summed E-state index contributed by atoms with van der Waals surface area (Å²) in [4.78, 5) is 46.2. The molecule has 0 saturated heterocycles. The van der Waals surface area contributed by atoms with Crippen molar-refractivity contribution >= 4 is 17.6 Å². The number of fused-ring (bicyclic) bond motifs is 2. The third kappa shape index (κ3) is 4.63. The average molecular weight is 529 g/mol. The van der Waals surface area contributed by atoms with Gasteiger partial charge in [0, 0.05) is 18.2 Å². The van der Waals surface area contributed by atoms with Gasteiger partial charge in [-0.25, -0.2) is 23.8 Å². The number of amides is 2. The summed E-state index contributed by atoms with van der Waals surface area (Å²) >= 11 is 0. The number of nitrogens with zero attached hydrogens (tertiary/aromatic N) is 6. The van der Waals surface area contributed by atoms with E-state index >= 15 is 0 Å². The number of tetrazole rings is 1. The van der Waals surface area contributed by atoms with Crippen molar-refractivity contribution in [1.29, 1.82) is 0 Å². The number of rotatable bonds is 6. The Balaban J connectivity index is 1.23. The number of aromatic nitrogens is 8. The molecular weight excluding hydrogens is 507 g/mol. The number of aromatic amines is 2. The zero-order valence-electron chi connectivity index (χ0n) is 20.5. The van der Waals surface area contributed by atoms with Gasteiger partial charge >= 0.3 is 5.69 Å². The second kappa shape index (κ2) is 9.55. The van der Waals surface area contributed by atoms with Crippen LogP contribution in [0.15, 0.2) is 47.3 Å². The highest BCUT2D eigenvalue weighted by Gasteiger charge is 2.27. The van der Waals surface area contributed by atoms with Crippen molar-refractivity contribution in [2.45, 2.75) is 32.4 Å². The third-order valence-electron chi connectivity index (χ3n) is 6.61. The smallest absolute Gasteiger partial charge is 0.347 e. The molecule has 2 amide bonds. The van der Waals surface area contributed by atoms with Crippen LogP contribution in [-0.4, -0.2) is 52.0 Å². The molecule has 0 bridgehead atoms. The minimum absolute atomic E-state index is 0.0323. The van der Waals surface area contributed by atoms with Crippen molar-refractivity contribution < 1.29 is 14.0 Å². The van der Waals surface area contributed by atoms with E-state index in [2.05, 4.69) is 46.3 Å². The number of carbonyl (C=O) groups is 2. The molecule has 196 valence electrons. The lowest BCUT2D eigenvalue weighted by atomic mass is 10.0. The molecule has 0 fully saturated rings. The molecule has 3 heterocycles. The summed E-state index contributed by atoms with van der Waals surface area (Å²) in [6, 6.07) is 11.3. The maximum Gasteiger partial charge on any atom is 0.363 e. The molecule has 5 aromatic rings. The van der Waals surface area contributed by atoms with Gasteiger partial charge in [-0.05, 0) is 59.4 Å². The number of carbonyl (C=O) groups excluding carboxylic acids is 2. The van der Waals surface area contributed by atoms with Crippen LogP contribution in [0, 0.1) is 12.7 Å².